The molecule has 0 saturated heterocycles. The topological polar surface area (TPSA) is 77.3 Å². The largest absolute Gasteiger partial charge is 0.305 e. The number of aryl methyl sites for hydroxylation is 2. The van der Waals surface area contributed by atoms with Crippen molar-refractivity contribution >= 4 is 39.8 Å². The van der Waals surface area contributed by atoms with E-state index in [0.717, 1.165) is 74.0 Å². The first-order valence-corrected chi connectivity index (χ1v) is 52.0. The van der Waals surface area contributed by atoms with Crippen molar-refractivity contribution in [3.63, 3.8) is 0 Å². The molecule has 0 N–H and O–H groups in total. The molecule has 0 unspecified atom stereocenters. The number of aromatic nitrogens is 6. The quantitative estimate of drug-likeness (QED) is 0.0752. The second-order valence-corrected chi connectivity index (χ2v) is 49.0. The van der Waals surface area contributed by atoms with Crippen LogP contribution in [0.5, 0.6) is 0 Å². The van der Waals surface area contributed by atoms with E-state index in [2.05, 4.69) is 367 Å². The summed E-state index contributed by atoms with van der Waals surface area (Å²) < 4.78 is 0. The molecule has 0 aliphatic rings. The fourth-order valence-corrected chi connectivity index (χ4v) is 17.4. The molecule has 0 saturated carbocycles. The van der Waals surface area contributed by atoms with Crippen LogP contribution in [0.25, 0.3) is 123 Å². The number of pyridine rings is 6. The first-order chi connectivity index (χ1) is 58.4. The normalized spacial score (nSPS) is 10.8. The van der Waals surface area contributed by atoms with Crippen molar-refractivity contribution in [3.8, 4) is 123 Å². The Balaban J connectivity index is 0.000000169. The monoisotopic (exact) mass is 2200 g/mol. The van der Waals surface area contributed by atoms with E-state index in [-0.39, 0.29) is 65.7 Å². The molecule has 0 amide bonds. The summed E-state index contributed by atoms with van der Waals surface area (Å²) in [7, 11) is -4.07. The molecule has 17 aromatic rings. The summed E-state index contributed by atoms with van der Waals surface area (Å²) in [5.41, 5.74) is 28.3. The summed E-state index contributed by atoms with van der Waals surface area (Å²) in [6.45, 7) is 32.2. The maximum atomic E-state index is 4.69. The first-order valence-electron chi connectivity index (χ1n) is 41.5. The molecular formula is C112H106Ir3N6Si3-6. The molecule has 12 heteroatoms. The smallest absolute Gasteiger partial charge is 0.0795 e. The van der Waals surface area contributed by atoms with Gasteiger partial charge >= 0.3 is 0 Å². The average Bonchev–Trinajstić information content (AvgIpc) is 0.790. The van der Waals surface area contributed by atoms with E-state index >= 15 is 0 Å². The van der Waals surface area contributed by atoms with E-state index in [1.807, 2.05) is 158 Å². The van der Waals surface area contributed by atoms with Gasteiger partial charge in [-0.25, -0.2) is 0 Å². The van der Waals surface area contributed by atoms with Gasteiger partial charge in [-0.2, -0.15) is 0 Å². The average molecular weight is 2200 g/mol. The predicted molar refractivity (Wildman–Crippen MR) is 520 cm³/mol. The minimum absolute atomic E-state index is 0. The van der Waals surface area contributed by atoms with Gasteiger partial charge in [0.25, 0.3) is 0 Å². The molecule has 17 rings (SSSR count). The molecule has 6 heterocycles. The number of hydrogen-bond donors (Lipinski definition) is 0. The Morgan fingerprint density at radius 1 is 0.274 bits per heavy atom. The predicted octanol–water partition coefficient (Wildman–Crippen LogP) is 27.4. The zero-order valence-electron chi connectivity index (χ0n) is 73.2. The Hall–Kier alpha value is -11.1. The molecule has 629 valence electrons. The van der Waals surface area contributed by atoms with E-state index in [9.17, 15) is 0 Å². The third-order valence-corrected chi connectivity index (χ3v) is 26.7. The molecule has 0 atom stereocenters. The van der Waals surface area contributed by atoms with Gasteiger partial charge in [0.1, 0.15) is 0 Å². The summed E-state index contributed by atoms with van der Waals surface area (Å²) in [4.78, 5) is 27.5. The van der Waals surface area contributed by atoms with Crippen molar-refractivity contribution in [2.45, 2.75) is 105 Å². The van der Waals surface area contributed by atoms with Crippen LogP contribution in [0, 0.1) is 43.3 Å². The third-order valence-electron chi connectivity index (χ3n) is 20.6. The summed E-state index contributed by atoms with van der Waals surface area (Å²) in [6.07, 6.45) is 12.9. The van der Waals surface area contributed by atoms with Gasteiger partial charge in [0.15, 0.2) is 0 Å². The van der Waals surface area contributed by atoms with Gasteiger partial charge in [0, 0.05) is 109 Å². The summed E-state index contributed by atoms with van der Waals surface area (Å²) >= 11 is 0. The molecule has 6 aromatic heterocycles. The van der Waals surface area contributed by atoms with Crippen LogP contribution < -0.4 is 15.6 Å². The Kier molecular flexibility index (Phi) is 36.3. The molecular weight excluding hydrogens is 2090 g/mol. The summed E-state index contributed by atoms with van der Waals surface area (Å²) in [6, 6.07) is 135. The second-order valence-electron chi connectivity index (χ2n) is 33.8. The molecule has 0 fully saturated rings. The van der Waals surface area contributed by atoms with Crippen LogP contribution in [0.15, 0.2) is 377 Å². The van der Waals surface area contributed by atoms with Crippen molar-refractivity contribution in [1.82, 2.24) is 29.9 Å². The summed E-state index contributed by atoms with van der Waals surface area (Å²) in [5, 5.41) is 4.21. The van der Waals surface area contributed by atoms with Gasteiger partial charge in [-0.15, -0.1) is 214 Å². The van der Waals surface area contributed by atoms with Gasteiger partial charge in [-0.3, -0.25) is 0 Å². The molecule has 0 aliphatic heterocycles. The van der Waals surface area contributed by atoms with Crippen LogP contribution in [-0.2, 0) is 72.2 Å². The van der Waals surface area contributed by atoms with Gasteiger partial charge < -0.3 is 29.9 Å². The molecule has 0 bridgehead atoms. The van der Waals surface area contributed by atoms with Crippen molar-refractivity contribution in [2.24, 2.45) is 0 Å². The van der Waals surface area contributed by atoms with Gasteiger partial charge in [-0.05, 0) is 107 Å². The Bertz CT molecular complexity index is 5790. The molecule has 11 aromatic carbocycles. The van der Waals surface area contributed by atoms with Crippen molar-refractivity contribution in [2.75, 3.05) is 0 Å². The molecule has 6 nitrogen and oxygen atoms in total. The maximum absolute atomic E-state index is 4.69. The molecule has 0 spiro atoms. The van der Waals surface area contributed by atoms with E-state index in [4.69, 9.17) is 4.98 Å². The standard InChI is InChI=1S/C21H20N.3C20H20NSi.C19H16N.C12H10N.3Ir/c1-21(2,3)19-14-20(17-12-8-5-9-13-17)22-15-18(19)16-10-6-4-7-11-16;1-22(2,3)20-14-19(17-12-8-5-9-13-17)21-15-18(20)16-10-6-4-7-11-16;2*1-22(2,3)19-12-13-20(21-15-19)18-11-7-10-17(14-18)16-8-5-4-6-9-16;1-2-15-13-19(17-11-7-4-8-12-17)20-14-18(15)16-9-5-3-6-10-16;1-10-6-2-3-7-11(10)12-8-4-5-9-13-12;;;/h2*4-12,14-15H,1-3H3;2*4-10,12-15H,1-3H3;3-11,13-14H,2H2,1H3;2-6,8-9H,1H3;;;/q6*-1;;;. The Labute approximate surface area is 781 Å². The van der Waals surface area contributed by atoms with Crippen LogP contribution in [0.3, 0.4) is 0 Å². The van der Waals surface area contributed by atoms with Crippen molar-refractivity contribution in [3.05, 3.63) is 430 Å². The number of nitrogens with zero attached hydrogens (tertiary/aromatic N) is 6. The number of benzene rings is 11. The zero-order chi connectivity index (χ0) is 85.2. The molecule has 0 aliphatic carbocycles. The van der Waals surface area contributed by atoms with E-state index in [0.29, 0.717) is 0 Å². The SMILES string of the molecule is CC(C)(C)c1cc(-c2[c-]cccc2)ncc1-c1ccccc1.CCc1cc(-c2[c-]cccc2)ncc1-c1ccccc1.C[Si](C)(C)c1cc(-c2[c-]cccc2)ncc1-c1ccccc1.C[Si](C)(C)c1ccc(-c2[c-]ccc(-c3ccccc3)c2)nc1.C[Si](C)(C)c1ccc(-c2[c-]ccc(-c3ccccc3)c2)nc1.Cc1ccc[c-]c1-c1ccccn1.[Ir].[Ir].[Ir]. The third kappa shape index (κ3) is 27.5. The van der Waals surface area contributed by atoms with Gasteiger partial charge in [-0.1, -0.05) is 305 Å². The molecule has 3 radical (unpaired) electrons. The van der Waals surface area contributed by atoms with Crippen LogP contribution in [-0.4, -0.2) is 54.1 Å². The van der Waals surface area contributed by atoms with Crippen LogP contribution in [0.1, 0.15) is 44.4 Å². The van der Waals surface area contributed by atoms with Crippen molar-refractivity contribution in [1.29, 1.82) is 0 Å². The van der Waals surface area contributed by atoms with Gasteiger partial charge in [0.05, 0.1) is 24.2 Å². The Morgan fingerprint density at radius 3 is 1.02 bits per heavy atom. The first kappa shape index (κ1) is 96.7. The maximum Gasteiger partial charge on any atom is 0.0795 e. The fraction of sp³-hybridized carbons (Fsp3) is 0.143. The van der Waals surface area contributed by atoms with E-state index in [1.54, 1.807) is 6.20 Å². The molecule has 124 heavy (non-hydrogen) atoms. The van der Waals surface area contributed by atoms with E-state index < -0.39 is 24.2 Å². The van der Waals surface area contributed by atoms with Crippen LogP contribution in [0.2, 0.25) is 58.9 Å². The van der Waals surface area contributed by atoms with Crippen LogP contribution in [0.4, 0.5) is 0 Å². The summed E-state index contributed by atoms with van der Waals surface area (Å²) in [5.74, 6) is 0. The van der Waals surface area contributed by atoms with E-state index in [1.165, 1.54) is 87.9 Å². The number of hydrogen-bond acceptors (Lipinski definition) is 6. The van der Waals surface area contributed by atoms with Gasteiger partial charge in [0.2, 0.25) is 0 Å². The zero-order valence-corrected chi connectivity index (χ0v) is 83.4. The van der Waals surface area contributed by atoms with Crippen molar-refractivity contribution < 1.29 is 60.3 Å². The fourth-order valence-electron chi connectivity index (χ4n) is 13.8. The Morgan fingerprint density at radius 2 is 0.645 bits per heavy atom. The van der Waals surface area contributed by atoms with Crippen LogP contribution >= 0.6 is 0 Å². The minimum Gasteiger partial charge on any atom is -0.305 e. The minimum atomic E-state index is -1.48. The number of rotatable bonds is 15. The second kappa shape index (κ2) is 46.6.